The van der Waals surface area contributed by atoms with E-state index in [-0.39, 0.29) is 0 Å². The number of hydrogen-bond acceptors (Lipinski definition) is 3. The summed E-state index contributed by atoms with van der Waals surface area (Å²) in [5, 5.41) is 4.78. The first-order valence-electron chi connectivity index (χ1n) is 5.98. The van der Waals surface area contributed by atoms with Crippen molar-refractivity contribution in [1.82, 2.24) is 4.98 Å². The molecule has 3 heteroatoms. The third-order valence-electron chi connectivity index (χ3n) is 2.92. The standard InChI is InChI=1S/C15H14N2S/c1-11(17-13-6-4-8-16-10-13)15-9-12-5-2-3-7-14(12)18-15/h2-11,17H,1H3. The highest BCUT2D eigenvalue weighted by molar-refractivity contribution is 7.19. The minimum Gasteiger partial charge on any atom is -0.376 e. The van der Waals surface area contributed by atoms with Gasteiger partial charge in [0.25, 0.3) is 0 Å². The van der Waals surface area contributed by atoms with E-state index in [9.17, 15) is 0 Å². The Labute approximate surface area is 110 Å². The second-order valence-electron chi connectivity index (χ2n) is 4.29. The van der Waals surface area contributed by atoms with Crippen LogP contribution in [0, 0.1) is 0 Å². The number of pyridine rings is 1. The van der Waals surface area contributed by atoms with E-state index in [1.807, 2.05) is 29.7 Å². The summed E-state index contributed by atoms with van der Waals surface area (Å²) in [6.45, 7) is 2.18. The van der Waals surface area contributed by atoms with Crippen LogP contribution < -0.4 is 5.32 Å². The van der Waals surface area contributed by atoms with Crippen molar-refractivity contribution >= 4 is 27.1 Å². The highest BCUT2D eigenvalue weighted by atomic mass is 32.1. The zero-order valence-electron chi connectivity index (χ0n) is 10.1. The molecule has 0 aliphatic rings. The Bertz CT molecular complexity index is 613. The fourth-order valence-electron chi connectivity index (χ4n) is 1.99. The zero-order valence-corrected chi connectivity index (χ0v) is 10.9. The van der Waals surface area contributed by atoms with Crippen LogP contribution in [-0.2, 0) is 0 Å². The molecule has 0 fully saturated rings. The van der Waals surface area contributed by atoms with Crippen LogP contribution in [0.4, 0.5) is 5.69 Å². The lowest BCUT2D eigenvalue weighted by molar-refractivity contribution is 0.907. The van der Waals surface area contributed by atoms with Crippen molar-refractivity contribution in [3.8, 4) is 0 Å². The van der Waals surface area contributed by atoms with Gasteiger partial charge in [-0.15, -0.1) is 11.3 Å². The third kappa shape index (κ3) is 2.22. The van der Waals surface area contributed by atoms with Crippen molar-refractivity contribution in [3.63, 3.8) is 0 Å². The van der Waals surface area contributed by atoms with Gasteiger partial charge in [0.05, 0.1) is 11.7 Å². The molecule has 2 heterocycles. The summed E-state index contributed by atoms with van der Waals surface area (Å²) < 4.78 is 1.34. The first-order chi connectivity index (χ1) is 8.83. The molecule has 1 aromatic carbocycles. The molecule has 1 atom stereocenters. The molecule has 1 N–H and O–H groups in total. The Morgan fingerprint density at radius 2 is 2.06 bits per heavy atom. The van der Waals surface area contributed by atoms with Gasteiger partial charge in [-0.25, -0.2) is 0 Å². The average molecular weight is 254 g/mol. The number of anilines is 1. The lowest BCUT2D eigenvalue weighted by atomic mass is 10.2. The Hall–Kier alpha value is -1.87. The number of fused-ring (bicyclic) bond motifs is 1. The van der Waals surface area contributed by atoms with Crippen molar-refractivity contribution in [2.24, 2.45) is 0 Å². The fourth-order valence-corrected chi connectivity index (χ4v) is 3.05. The van der Waals surface area contributed by atoms with E-state index in [1.165, 1.54) is 15.0 Å². The zero-order chi connectivity index (χ0) is 12.4. The van der Waals surface area contributed by atoms with Gasteiger partial charge in [0.15, 0.2) is 0 Å². The quantitative estimate of drug-likeness (QED) is 0.746. The lowest BCUT2D eigenvalue weighted by Gasteiger charge is -2.12. The monoisotopic (exact) mass is 254 g/mol. The summed E-state index contributed by atoms with van der Waals surface area (Å²) in [7, 11) is 0. The highest BCUT2D eigenvalue weighted by Gasteiger charge is 2.09. The number of hydrogen-bond donors (Lipinski definition) is 1. The number of thiophene rings is 1. The molecular weight excluding hydrogens is 240 g/mol. The lowest BCUT2D eigenvalue weighted by Crippen LogP contribution is -2.04. The maximum Gasteiger partial charge on any atom is 0.0579 e. The van der Waals surface area contributed by atoms with Crippen LogP contribution in [0.15, 0.2) is 54.9 Å². The number of benzene rings is 1. The van der Waals surface area contributed by atoms with Gasteiger partial charge >= 0.3 is 0 Å². The maximum atomic E-state index is 4.12. The summed E-state index contributed by atoms with van der Waals surface area (Å²) in [5.74, 6) is 0. The molecule has 3 rings (SSSR count). The van der Waals surface area contributed by atoms with E-state index >= 15 is 0 Å². The van der Waals surface area contributed by atoms with Gasteiger partial charge in [-0.2, -0.15) is 0 Å². The van der Waals surface area contributed by atoms with Crippen LogP contribution >= 0.6 is 11.3 Å². The Balaban J connectivity index is 1.86. The second kappa shape index (κ2) is 4.78. The molecule has 1 unspecified atom stereocenters. The molecular formula is C15H14N2S. The number of aromatic nitrogens is 1. The molecule has 0 saturated heterocycles. The smallest absolute Gasteiger partial charge is 0.0579 e. The largest absolute Gasteiger partial charge is 0.376 e. The molecule has 0 bridgehead atoms. The van der Waals surface area contributed by atoms with Gasteiger partial charge in [0.2, 0.25) is 0 Å². The third-order valence-corrected chi connectivity index (χ3v) is 4.21. The summed E-state index contributed by atoms with van der Waals surface area (Å²) >= 11 is 1.84. The normalized spacial score (nSPS) is 12.5. The van der Waals surface area contributed by atoms with Crippen LogP contribution in [0.25, 0.3) is 10.1 Å². The molecule has 90 valence electrons. The van der Waals surface area contributed by atoms with Crippen molar-refractivity contribution in [3.05, 3.63) is 59.7 Å². The predicted octanol–water partition coefficient (Wildman–Crippen LogP) is 4.47. The van der Waals surface area contributed by atoms with Gasteiger partial charge in [0.1, 0.15) is 0 Å². The van der Waals surface area contributed by atoms with Gasteiger partial charge in [-0.3, -0.25) is 4.98 Å². The number of rotatable bonds is 3. The second-order valence-corrected chi connectivity index (χ2v) is 5.41. The van der Waals surface area contributed by atoms with Gasteiger partial charge < -0.3 is 5.32 Å². The first-order valence-corrected chi connectivity index (χ1v) is 6.79. The number of nitrogens with one attached hydrogen (secondary N) is 1. The Morgan fingerprint density at radius 1 is 1.17 bits per heavy atom. The van der Waals surface area contributed by atoms with E-state index in [0.717, 1.165) is 5.69 Å². The van der Waals surface area contributed by atoms with Crippen LogP contribution in [0.3, 0.4) is 0 Å². The topological polar surface area (TPSA) is 24.9 Å². The minimum atomic E-state index is 0.298. The average Bonchev–Trinajstić information content (AvgIpc) is 2.84. The van der Waals surface area contributed by atoms with Crippen molar-refractivity contribution in [1.29, 1.82) is 0 Å². The molecule has 2 nitrogen and oxygen atoms in total. The van der Waals surface area contributed by atoms with E-state index in [4.69, 9.17) is 0 Å². The molecule has 2 aromatic heterocycles. The van der Waals surface area contributed by atoms with E-state index < -0.39 is 0 Å². The van der Waals surface area contributed by atoms with Crippen LogP contribution in [0.1, 0.15) is 17.8 Å². The summed E-state index contributed by atoms with van der Waals surface area (Å²) in [6.07, 6.45) is 3.64. The molecule has 0 radical (unpaired) electrons. The van der Waals surface area contributed by atoms with Gasteiger partial charge in [-0.05, 0) is 36.6 Å². The Kier molecular flexibility index (Phi) is 2.99. The summed E-state index contributed by atoms with van der Waals surface area (Å²) in [6, 6.07) is 15.0. The number of nitrogens with zero attached hydrogens (tertiary/aromatic N) is 1. The van der Waals surface area contributed by atoms with E-state index in [0.29, 0.717) is 6.04 Å². The summed E-state index contributed by atoms with van der Waals surface area (Å²) in [4.78, 5) is 5.46. The van der Waals surface area contributed by atoms with E-state index in [2.05, 4.69) is 47.6 Å². The molecule has 0 saturated carbocycles. The summed E-state index contributed by atoms with van der Waals surface area (Å²) in [5.41, 5.74) is 1.06. The first kappa shape index (κ1) is 11.2. The van der Waals surface area contributed by atoms with Crippen molar-refractivity contribution in [2.45, 2.75) is 13.0 Å². The van der Waals surface area contributed by atoms with Crippen LogP contribution in [0.5, 0.6) is 0 Å². The SMILES string of the molecule is CC(Nc1cccnc1)c1cc2ccccc2s1. The van der Waals surface area contributed by atoms with Crippen LogP contribution in [-0.4, -0.2) is 4.98 Å². The van der Waals surface area contributed by atoms with Crippen LogP contribution in [0.2, 0.25) is 0 Å². The van der Waals surface area contributed by atoms with Gasteiger partial charge in [0, 0.05) is 22.0 Å². The minimum absolute atomic E-state index is 0.298. The molecule has 0 aliphatic heterocycles. The fraction of sp³-hybridized carbons (Fsp3) is 0.133. The van der Waals surface area contributed by atoms with Crippen molar-refractivity contribution in [2.75, 3.05) is 5.32 Å². The molecule has 0 amide bonds. The van der Waals surface area contributed by atoms with E-state index in [1.54, 1.807) is 6.20 Å². The van der Waals surface area contributed by atoms with Gasteiger partial charge in [-0.1, -0.05) is 18.2 Å². The predicted molar refractivity (Wildman–Crippen MR) is 78.1 cm³/mol. The molecule has 0 aliphatic carbocycles. The highest BCUT2D eigenvalue weighted by Crippen LogP contribution is 2.31. The molecule has 3 aromatic rings. The maximum absolute atomic E-state index is 4.12. The Morgan fingerprint density at radius 3 is 2.83 bits per heavy atom. The van der Waals surface area contributed by atoms with Crippen molar-refractivity contribution < 1.29 is 0 Å². The molecule has 18 heavy (non-hydrogen) atoms. The molecule has 0 spiro atoms.